The molecule has 0 aromatic heterocycles. The van der Waals surface area contributed by atoms with Gasteiger partial charge in [0.25, 0.3) is 5.91 Å². The minimum absolute atomic E-state index is 0.00756. The first-order valence-corrected chi connectivity index (χ1v) is 10.4. The lowest BCUT2D eigenvalue weighted by Gasteiger charge is -2.32. The highest BCUT2D eigenvalue weighted by Gasteiger charge is 2.44. The van der Waals surface area contributed by atoms with Crippen LogP contribution in [0.3, 0.4) is 0 Å². The Hall–Kier alpha value is -2.52. The van der Waals surface area contributed by atoms with Crippen molar-refractivity contribution in [3.8, 4) is 0 Å². The Kier molecular flexibility index (Phi) is 5.90. The maximum atomic E-state index is 13.3. The predicted octanol–water partition coefficient (Wildman–Crippen LogP) is 3.60. The molecule has 29 heavy (non-hydrogen) atoms. The molecule has 1 amide bonds. The molecule has 0 aliphatic heterocycles. The molecule has 1 saturated carbocycles. The number of carbonyl (C=O) groups excluding carboxylic acids is 2. The maximum absolute atomic E-state index is 13.3. The van der Waals surface area contributed by atoms with Crippen LogP contribution in [0.5, 0.6) is 0 Å². The number of hydrogen-bond donors (Lipinski definition) is 1. The van der Waals surface area contributed by atoms with Crippen LogP contribution in [0.15, 0.2) is 41.3 Å². The van der Waals surface area contributed by atoms with Crippen LogP contribution in [-0.2, 0) is 19.4 Å². The van der Waals surface area contributed by atoms with E-state index in [2.05, 4.69) is 10.1 Å². The molecule has 0 heterocycles. The van der Waals surface area contributed by atoms with E-state index in [1.54, 1.807) is 0 Å². The maximum Gasteiger partial charge on any atom is 0.308 e. The van der Waals surface area contributed by atoms with Crippen molar-refractivity contribution < 1.29 is 31.5 Å². The van der Waals surface area contributed by atoms with Gasteiger partial charge < -0.3 is 10.1 Å². The highest BCUT2D eigenvalue weighted by Crippen LogP contribution is 2.39. The smallest absolute Gasteiger partial charge is 0.308 e. The average Bonchev–Trinajstić information content (AvgIpc) is 2.63. The number of methoxy groups -OCH3 is 1. The number of sulfone groups is 1. The number of ether oxygens (including phenoxy) is 1. The van der Waals surface area contributed by atoms with E-state index in [-0.39, 0.29) is 34.0 Å². The summed E-state index contributed by atoms with van der Waals surface area (Å²) in [5.41, 5.74) is -0.0188. The van der Waals surface area contributed by atoms with Crippen LogP contribution in [0.4, 0.5) is 14.5 Å². The topological polar surface area (TPSA) is 89.5 Å². The van der Waals surface area contributed by atoms with Crippen LogP contribution < -0.4 is 5.32 Å². The van der Waals surface area contributed by atoms with Gasteiger partial charge in [0, 0.05) is 17.3 Å². The van der Waals surface area contributed by atoms with Gasteiger partial charge in [-0.2, -0.15) is 0 Å². The van der Waals surface area contributed by atoms with Crippen molar-refractivity contribution in [3.05, 3.63) is 58.6 Å². The zero-order valence-corrected chi connectivity index (χ0v) is 16.7. The molecule has 0 radical (unpaired) electrons. The molecular formula is C19H16ClF2NO5S. The summed E-state index contributed by atoms with van der Waals surface area (Å²) < 4.78 is 56.6. The molecule has 0 unspecified atom stereocenters. The Morgan fingerprint density at radius 1 is 1.10 bits per heavy atom. The van der Waals surface area contributed by atoms with Crippen LogP contribution in [0.1, 0.15) is 23.2 Å². The lowest BCUT2D eigenvalue weighted by atomic mass is 9.85. The summed E-state index contributed by atoms with van der Waals surface area (Å²) in [6.45, 7) is 0. The van der Waals surface area contributed by atoms with Gasteiger partial charge in [-0.15, -0.1) is 0 Å². The third kappa shape index (κ3) is 4.25. The lowest BCUT2D eigenvalue weighted by molar-refractivity contribution is -0.148. The van der Waals surface area contributed by atoms with E-state index in [0.29, 0.717) is 0 Å². The van der Waals surface area contributed by atoms with Crippen molar-refractivity contribution in [2.24, 2.45) is 5.92 Å². The molecule has 1 aliphatic rings. The molecule has 1 fully saturated rings. The summed E-state index contributed by atoms with van der Waals surface area (Å²) in [4.78, 5) is 23.7. The quantitative estimate of drug-likeness (QED) is 0.713. The Bertz CT molecular complexity index is 1080. The number of benzene rings is 2. The number of esters is 1. The van der Waals surface area contributed by atoms with Crippen LogP contribution in [0, 0.1) is 17.6 Å². The van der Waals surface area contributed by atoms with E-state index in [0.717, 1.165) is 18.2 Å². The summed E-state index contributed by atoms with van der Waals surface area (Å²) >= 11 is 6.04. The molecule has 0 atom stereocenters. The first kappa shape index (κ1) is 21.2. The molecule has 2 aromatic carbocycles. The predicted molar refractivity (Wildman–Crippen MR) is 101 cm³/mol. The van der Waals surface area contributed by atoms with Gasteiger partial charge in [0.2, 0.25) is 0 Å². The average molecular weight is 444 g/mol. The van der Waals surface area contributed by atoms with E-state index in [1.165, 1.54) is 25.3 Å². The summed E-state index contributed by atoms with van der Waals surface area (Å²) in [6.07, 6.45) is 0.216. The standard InChI is InChI=1S/C19H16ClF2NO5S/c1-28-19(25)11-6-13(7-11)29(26,27)17-8-10(2-4-14(17)20)18(24)23-12-3-5-15(21)16(22)9-12/h2-5,8-9,11,13H,6-7H2,1H3,(H,23,24)/t11-,13-. The van der Waals surface area contributed by atoms with E-state index < -0.39 is 44.5 Å². The van der Waals surface area contributed by atoms with Gasteiger partial charge >= 0.3 is 5.97 Å². The van der Waals surface area contributed by atoms with Crippen molar-refractivity contribution in [1.29, 1.82) is 0 Å². The number of rotatable bonds is 5. The number of amides is 1. The highest BCUT2D eigenvalue weighted by atomic mass is 35.5. The molecule has 0 saturated heterocycles. The molecule has 0 bridgehead atoms. The van der Waals surface area contributed by atoms with Crippen molar-refractivity contribution in [2.75, 3.05) is 12.4 Å². The molecular weight excluding hydrogens is 428 g/mol. The van der Waals surface area contributed by atoms with E-state index in [1.807, 2.05) is 0 Å². The van der Waals surface area contributed by atoms with Gasteiger partial charge in [-0.25, -0.2) is 17.2 Å². The van der Waals surface area contributed by atoms with Gasteiger partial charge in [0.15, 0.2) is 21.5 Å². The fourth-order valence-electron chi connectivity index (χ4n) is 3.00. The molecule has 2 aromatic rings. The fraction of sp³-hybridized carbons (Fsp3) is 0.263. The second kappa shape index (κ2) is 8.08. The van der Waals surface area contributed by atoms with Crippen molar-refractivity contribution in [3.63, 3.8) is 0 Å². The zero-order chi connectivity index (χ0) is 21.3. The minimum atomic E-state index is -3.88. The Balaban J connectivity index is 1.81. The number of anilines is 1. The second-order valence-corrected chi connectivity index (χ2v) is 9.19. The second-order valence-electron chi connectivity index (χ2n) is 6.59. The Morgan fingerprint density at radius 3 is 2.41 bits per heavy atom. The molecule has 154 valence electrons. The van der Waals surface area contributed by atoms with Gasteiger partial charge in [-0.3, -0.25) is 9.59 Å². The number of halogens is 3. The number of hydrogen-bond acceptors (Lipinski definition) is 5. The van der Waals surface area contributed by atoms with Crippen molar-refractivity contribution in [2.45, 2.75) is 23.0 Å². The first-order valence-electron chi connectivity index (χ1n) is 8.51. The molecule has 6 nitrogen and oxygen atoms in total. The van der Waals surface area contributed by atoms with Gasteiger partial charge in [0.1, 0.15) is 0 Å². The summed E-state index contributed by atoms with van der Waals surface area (Å²) in [6, 6.07) is 6.54. The molecule has 1 aliphatic carbocycles. The van der Waals surface area contributed by atoms with Crippen molar-refractivity contribution in [1.82, 2.24) is 0 Å². The van der Waals surface area contributed by atoms with Crippen LogP contribution in [-0.4, -0.2) is 32.7 Å². The lowest BCUT2D eigenvalue weighted by Crippen LogP contribution is -2.40. The monoisotopic (exact) mass is 443 g/mol. The van der Waals surface area contributed by atoms with Gasteiger partial charge in [-0.05, 0) is 43.2 Å². The molecule has 10 heteroatoms. The summed E-state index contributed by atoms with van der Waals surface area (Å²) in [7, 11) is -2.65. The van der Waals surface area contributed by atoms with Crippen LogP contribution in [0.25, 0.3) is 0 Å². The third-order valence-electron chi connectivity index (χ3n) is 4.75. The number of nitrogens with one attached hydrogen (secondary N) is 1. The van der Waals surface area contributed by atoms with E-state index in [4.69, 9.17) is 11.6 Å². The normalized spacial score (nSPS) is 18.6. The number of carbonyl (C=O) groups is 2. The molecule has 1 N–H and O–H groups in total. The van der Waals surface area contributed by atoms with Gasteiger partial charge in [-0.1, -0.05) is 11.6 Å². The van der Waals surface area contributed by atoms with E-state index in [9.17, 15) is 26.8 Å². The zero-order valence-electron chi connectivity index (χ0n) is 15.1. The van der Waals surface area contributed by atoms with E-state index >= 15 is 0 Å². The Labute approximate surface area is 170 Å². The van der Waals surface area contributed by atoms with Crippen molar-refractivity contribution >= 4 is 39.0 Å². The van der Waals surface area contributed by atoms with Crippen LogP contribution in [0.2, 0.25) is 5.02 Å². The highest BCUT2D eigenvalue weighted by molar-refractivity contribution is 7.92. The summed E-state index contributed by atoms with van der Waals surface area (Å²) in [5, 5.41) is 1.50. The third-order valence-corrected chi connectivity index (χ3v) is 7.40. The fourth-order valence-corrected chi connectivity index (χ4v) is 5.40. The molecule has 0 spiro atoms. The largest absolute Gasteiger partial charge is 0.469 e. The minimum Gasteiger partial charge on any atom is -0.469 e. The van der Waals surface area contributed by atoms with Gasteiger partial charge in [0.05, 0.1) is 28.2 Å². The SMILES string of the molecule is COC(=O)[C@H]1C[C@H](S(=O)(=O)c2cc(C(=O)Nc3ccc(F)c(F)c3)ccc2Cl)C1. The summed E-state index contributed by atoms with van der Waals surface area (Å²) in [5.74, 6) is -3.87. The molecule has 3 rings (SSSR count). The Morgan fingerprint density at radius 2 is 1.79 bits per heavy atom. The van der Waals surface area contributed by atoms with Crippen LogP contribution >= 0.6 is 11.6 Å². The first-order chi connectivity index (χ1) is 13.6.